The number of nitrogens with zero attached hydrogens (tertiary/aromatic N) is 5. The number of rotatable bonds is 2. The van der Waals surface area contributed by atoms with Crippen LogP contribution in [0.5, 0.6) is 0 Å². The van der Waals surface area contributed by atoms with Gasteiger partial charge in [0, 0.05) is 26.3 Å². The van der Waals surface area contributed by atoms with E-state index in [0.717, 1.165) is 18.5 Å². The highest BCUT2D eigenvalue weighted by atomic mass is 16.5. The van der Waals surface area contributed by atoms with Crippen LogP contribution in [-0.4, -0.2) is 56.3 Å². The van der Waals surface area contributed by atoms with Gasteiger partial charge in [-0.15, -0.1) is 10.2 Å². The van der Waals surface area contributed by atoms with Crippen molar-refractivity contribution < 1.29 is 13.9 Å². The predicted octanol–water partition coefficient (Wildman–Crippen LogP) is 1.26. The van der Waals surface area contributed by atoms with E-state index >= 15 is 0 Å². The molecule has 1 amide bonds. The number of hydrogen-bond acceptors (Lipinski definition) is 7. The Labute approximate surface area is 139 Å². The lowest BCUT2D eigenvalue weighted by molar-refractivity contribution is 0.0127. The maximum absolute atomic E-state index is 12.9. The van der Waals surface area contributed by atoms with Crippen LogP contribution in [-0.2, 0) is 4.74 Å². The zero-order valence-corrected chi connectivity index (χ0v) is 13.7. The molecule has 2 aromatic heterocycles. The van der Waals surface area contributed by atoms with E-state index in [1.165, 1.54) is 6.20 Å². The van der Waals surface area contributed by atoms with Crippen molar-refractivity contribution in [1.29, 1.82) is 0 Å². The molecule has 2 aliphatic rings. The zero-order valence-electron chi connectivity index (χ0n) is 13.7. The lowest BCUT2D eigenvalue weighted by Gasteiger charge is -2.39. The van der Waals surface area contributed by atoms with Gasteiger partial charge in [0.25, 0.3) is 5.91 Å². The fourth-order valence-corrected chi connectivity index (χ4v) is 3.49. The van der Waals surface area contributed by atoms with Crippen LogP contribution in [0, 0.1) is 13.8 Å². The number of carbonyl (C=O) groups excluding carboxylic acids is 1. The number of piperidine rings is 1. The van der Waals surface area contributed by atoms with Gasteiger partial charge in [-0.1, -0.05) is 0 Å². The second kappa shape index (κ2) is 5.94. The fraction of sp³-hybridized carbons (Fsp3) is 0.562. The largest absolute Gasteiger partial charge is 0.425 e. The second-order valence-electron chi connectivity index (χ2n) is 6.36. The standard InChI is InChI=1S/C16H19N5O3/c1-9-6-18-12(7-17-9)16(22)21-8-11(15-20-19-10(2)24-15)5-14-13(21)3-4-23-14/h6-7,11,13-14H,3-5,8H2,1-2H3/t11-,13-,14-/m1/s1. The molecule has 2 aliphatic heterocycles. The summed E-state index contributed by atoms with van der Waals surface area (Å²) < 4.78 is 11.4. The molecule has 0 saturated carbocycles. The fourth-order valence-electron chi connectivity index (χ4n) is 3.49. The quantitative estimate of drug-likeness (QED) is 0.818. The molecule has 8 heteroatoms. The van der Waals surface area contributed by atoms with Crippen molar-refractivity contribution in [2.24, 2.45) is 0 Å². The minimum absolute atomic E-state index is 0.00156. The van der Waals surface area contributed by atoms with Gasteiger partial charge in [-0.2, -0.15) is 0 Å². The van der Waals surface area contributed by atoms with Crippen molar-refractivity contribution in [3.05, 3.63) is 35.6 Å². The number of aromatic nitrogens is 4. The smallest absolute Gasteiger partial charge is 0.274 e. The van der Waals surface area contributed by atoms with Crippen molar-refractivity contribution in [3.63, 3.8) is 0 Å². The molecule has 0 aromatic carbocycles. The third kappa shape index (κ3) is 2.66. The molecule has 24 heavy (non-hydrogen) atoms. The molecule has 8 nitrogen and oxygen atoms in total. The SMILES string of the molecule is Cc1cnc(C(=O)N2C[C@H](c3nnc(C)o3)C[C@H]3OCC[C@H]32)cn1. The van der Waals surface area contributed by atoms with E-state index in [9.17, 15) is 4.79 Å². The number of fused-ring (bicyclic) bond motifs is 1. The van der Waals surface area contributed by atoms with Crippen LogP contribution in [0.1, 0.15) is 46.7 Å². The van der Waals surface area contributed by atoms with Crippen molar-refractivity contribution in [1.82, 2.24) is 25.1 Å². The first-order chi connectivity index (χ1) is 11.6. The van der Waals surface area contributed by atoms with E-state index < -0.39 is 0 Å². The van der Waals surface area contributed by atoms with Crippen LogP contribution in [0.2, 0.25) is 0 Å². The Kier molecular flexibility index (Phi) is 3.76. The first-order valence-electron chi connectivity index (χ1n) is 8.13. The molecule has 4 heterocycles. The maximum Gasteiger partial charge on any atom is 0.274 e. The minimum atomic E-state index is -0.121. The summed E-state index contributed by atoms with van der Waals surface area (Å²) in [4.78, 5) is 23.2. The van der Waals surface area contributed by atoms with Gasteiger partial charge in [-0.25, -0.2) is 4.98 Å². The Balaban J connectivity index is 1.61. The Morgan fingerprint density at radius 3 is 2.83 bits per heavy atom. The summed E-state index contributed by atoms with van der Waals surface area (Å²) in [6.07, 6.45) is 4.76. The Bertz CT molecular complexity index is 744. The number of carbonyl (C=O) groups is 1. The van der Waals surface area contributed by atoms with Crippen molar-refractivity contribution in [3.8, 4) is 0 Å². The van der Waals surface area contributed by atoms with Crippen molar-refractivity contribution in [2.45, 2.75) is 44.8 Å². The molecule has 3 atom stereocenters. The number of ether oxygens (including phenoxy) is 1. The second-order valence-corrected chi connectivity index (χ2v) is 6.36. The lowest BCUT2D eigenvalue weighted by atomic mass is 9.89. The maximum atomic E-state index is 12.9. The Hall–Kier alpha value is -2.35. The molecular formula is C16H19N5O3. The summed E-state index contributed by atoms with van der Waals surface area (Å²) in [5.41, 5.74) is 1.14. The molecule has 4 rings (SSSR count). The van der Waals surface area contributed by atoms with E-state index in [-0.39, 0.29) is 24.0 Å². The van der Waals surface area contributed by atoms with Gasteiger partial charge >= 0.3 is 0 Å². The molecule has 0 radical (unpaired) electrons. The van der Waals surface area contributed by atoms with E-state index in [0.29, 0.717) is 30.6 Å². The van der Waals surface area contributed by atoms with Gasteiger partial charge in [-0.05, 0) is 19.8 Å². The van der Waals surface area contributed by atoms with Crippen LogP contribution in [0.4, 0.5) is 0 Å². The summed E-state index contributed by atoms with van der Waals surface area (Å²) in [6, 6.07) is 0.0703. The summed E-state index contributed by atoms with van der Waals surface area (Å²) in [7, 11) is 0. The van der Waals surface area contributed by atoms with E-state index in [1.807, 2.05) is 11.8 Å². The molecule has 2 saturated heterocycles. The Morgan fingerprint density at radius 1 is 1.25 bits per heavy atom. The number of hydrogen-bond donors (Lipinski definition) is 0. The highest BCUT2D eigenvalue weighted by Crippen LogP contribution is 2.36. The average molecular weight is 329 g/mol. The topological polar surface area (TPSA) is 94.2 Å². The highest BCUT2D eigenvalue weighted by molar-refractivity contribution is 5.92. The van der Waals surface area contributed by atoms with Gasteiger partial charge in [0.1, 0.15) is 5.69 Å². The summed E-state index contributed by atoms with van der Waals surface area (Å²) in [5, 5.41) is 8.03. The molecule has 126 valence electrons. The van der Waals surface area contributed by atoms with Crippen LogP contribution in [0.25, 0.3) is 0 Å². The molecule has 2 fully saturated rings. The number of aryl methyl sites for hydroxylation is 2. The van der Waals surface area contributed by atoms with Crippen LogP contribution in [0.3, 0.4) is 0 Å². The molecule has 0 spiro atoms. The summed E-state index contributed by atoms with van der Waals surface area (Å²) >= 11 is 0. The molecule has 0 unspecified atom stereocenters. The minimum Gasteiger partial charge on any atom is -0.425 e. The van der Waals surface area contributed by atoms with E-state index in [1.54, 1.807) is 13.1 Å². The van der Waals surface area contributed by atoms with Crippen molar-refractivity contribution >= 4 is 5.91 Å². The lowest BCUT2D eigenvalue weighted by Crippen LogP contribution is -2.51. The van der Waals surface area contributed by atoms with E-state index in [4.69, 9.17) is 9.15 Å². The number of amides is 1. The molecule has 0 bridgehead atoms. The third-order valence-electron chi connectivity index (χ3n) is 4.66. The van der Waals surface area contributed by atoms with Crippen molar-refractivity contribution in [2.75, 3.05) is 13.2 Å². The zero-order chi connectivity index (χ0) is 16.7. The van der Waals surface area contributed by atoms with Gasteiger partial charge in [0.15, 0.2) is 0 Å². The van der Waals surface area contributed by atoms with Gasteiger partial charge in [0.2, 0.25) is 11.8 Å². The molecular weight excluding hydrogens is 310 g/mol. The van der Waals surface area contributed by atoms with Gasteiger partial charge in [-0.3, -0.25) is 9.78 Å². The monoisotopic (exact) mass is 329 g/mol. The third-order valence-corrected chi connectivity index (χ3v) is 4.66. The van der Waals surface area contributed by atoms with Crippen LogP contribution >= 0.6 is 0 Å². The van der Waals surface area contributed by atoms with Gasteiger partial charge in [0.05, 0.1) is 30.0 Å². The summed E-state index contributed by atoms with van der Waals surface area (Å²) in [6.45, 7) is 4.80. The molecule has 0 aliphatic carbocycles. The van der Waals surface area contributed by atoms with Crippen LogP contribution < -0.4 is 0 Å². The van der Waals surface area contributed by atoms with E-state index in [2.05, 4.69) is 20.2 Å². The highest BCUT2D eigenvalue weighted by Gasteiger charge is 2.44. The molecule has 2 aromatic rings. The first-order valence-corrected chi connectivity index (χ1v) is 8.13. The first kappa shape index (κ1) is 15.2. The Morgan fingerprint density at radius 2 is 2.12 bits per heavy atom. The molecule has 0 N–H and O–H groups in total. The normalized spacial score (nSPS) is 26.4. The predicted molar refractivity (Wildman–Crippen MR) is 82.3 cm³/mol. The van der Waals surface area contributed by atoms with Crippen LogP contribution in [0.15, 0.2) is 16.8 Å². The summed E-state index contributed by atoms with van der Waals surface area (Å²) in [5.74, 6) is 0.952. The average Bonchev–Trinajstić information content (AvgIpc) is 3.22. The van der Waals surface area contributed by atoms with Gasteiger partial charge < -0.3 is 14.1 Å². The number of likely N-dealkylation sites (tertiary alicyclic amines) is 1.